The van der Waals surface area contributed by atoms with Gasteiger partial charge in [-0.25, -0.2) is 0 Å². The van der Waals surface area contributed by atoms with Crippen LogP contribution >= 0.6 is 0 Å². The standard InChI is InChI=1S/C18H21N3O2.C9H10O2/c1-13-17(11-15(12-20)18(22)21-13)14-5-7-16(8-6-14)23-10-4-2-3-9-19;1-7(10)6-8-2-4-9(11)5-3-8/h5-8,11H,2-4,9-10,19H2,1H3,(H,21,22);2-5,11H,6H2,1H3. The first-order chi connectivity index (χ1) is 16.3. The molecule has 0 saturated carbocycles. The minimum atomic E-state index is -0.355. The highest BCUT2D eigenvalue weighted by Gasteiger charge is 2.07. The first kappa shape index (κ1) is 26.4. The van der Waals surface area contributed by atoms with Crippen molar-refractivity contribution in [2.75, 3.05) is 13.2 Å². The lowest BCUT2D eigenvalue weighted by Crippen LogP contribution is -2.11. The Labute approximate surface area is 199 Å². The SMILES string of the molecule is CC(=O)Cc1ccc(O)cc1.Cc1[nH]c(=O)c(C#N)cc1-c1ccc(OCCCCCN)cc1. The zero-order valence-electron chi connectivity index (χ0n) is 19.6. The Hall–Kier alpha value is -3.89. The van der Waals surface area contributed by atoms with Gasteiger partial charge in [0.1, 0.15) is 28.9 Å². The highest BCUT2D eigenvalue weighted by atomic mass is 16.5. The van der Waals surface area contributed by atoms with E-state index in [-0.39, 0.29) is 22.7 Å². The molecule has 0 radical (unpaired) electrons. The molecule has 178 valence electrons. The third kappa shape index (κ3) is 8.57. The highest BCUT2D eigenvalue weighted by Crippen LogP contribution is 2.24. The third-order valence-corrected chi connectivity index (χ3v) is 5.03. The molecular weight excluding hydrogens is 430 g/mol. The van der Waals surface area contributed by atoms with Gasteiger partial charge in [-0.05, 0) is 81.1 Å². The first-order valence-electron chi connectivity index (χ1n) is 11.2. The minimum absolute atomic E-state index is 0.117. The normalized spacial score (nSPS) is 10.1. The van der Waals surface area contributed by atoms with Gasteiger partial charge in [0.05, 0.1) is 6.61 Å². The van der Waals surface area contributed by atoms with Crippen LogP contribution in [0.1, 0.15) is 43.0 Å². The fourth-order valence-corrected chi connectivity index (χ4v) is 3.25. The van der Waals surface area contributed by atoms with Crippen LogP contribution in [0.3, 0.4) is 0 Å². The van der Waals surface area contributed by atoms with Gasteiger partial charge < -0.3 is 20.6 Å². The van der Waals surface area contributed by atoms with Gasteiger partial charge in [0.2, 0.25) is 0 Å². The van der Waals surface area contributed by atoms with Crippen molar-refractivity contribution >= 4 is 5.78 Å². The summed E-state index contributed by atoms with van der Waals surface area (Å²) in [6.07, 6.45) is 3.53. The summed E-state index contributed by atoms with van der Waals surface area (Å²) in [6, 6.07) is 17.8. The maximum Gasteiger partial charge on any atom is 0.266 e. The number of nitriles is 1. The summed E-state index contributed by atoms with van der Waals surface area (Å²) in [5, 5.41) is 17.9. The summed E-state index contributed by atoms with van der Waals surface area (Å²) in [6.45, 7) is 4.76. The number of phenolic OH excluding ortho intramolecular Hbond substituents is 1. The van der Waals surface area contributed by atoms with Gasteiger partial charge in [0.25, 0.3) is 5.56 Å². The van der Waals surface area contributed by atoms with Gasteiger partial charge in [0.15, 0.2) is 0 Å². The molecule has 1 aromatic heterocycles. The fraction of sp³-hybridized carbons (Fsp3) is 0.296. The lowest BCUT2D eigenvalue weighted by molar-refractivity contribution is -0.116. The average molecular weight is 462 g/mol. The maximum absolute atomic E-state index is 11.6. The van der Waals surface area contributed by atoms with Crippen LogP contribution < -0.4 is 16.0 Å². The molecule has 0 fully saturated rings. The monoisotopic (exact) mass is 461 g/mol. The van der Waals surface area contributed by atoms with E-state index < -0.39 is 0 Å². The Morgan fingerprint density at radius 2 is 1.76 bits per heavy atom. The molecule has 34 heavy (non-hydrogen) atoms. The number of ether oxygens (including phenoxy) is 1. The number of hydrogen-bond donors (Lipinski definition) is 3. The number of carbonyl (C=O) groups excluding carboxylic acids is 1. The third-order valence-electron chi connectivity index (χ3n) is 5.03. The molecule has 0 amide bonds. The second-order valence-electron chi connectivity index (χ2n) is 7.93. The second kappa shape index (κ2) is 13.6. The maximum atomic E-state index is 11.6. The minimum Gasteiger partial charge on any atom is -0.508 e. The van der Waals surface area contributed by atoms with Gasteiger partial charge in [-0.15, -0.1) is 0 Å². The summed E-state index contributed by atoms with van der Waals surface area (Å²) in [4.78, 5) is 24.9. The van der Waals surface area contributed by atoms with Crippen LogP contribution in [0.5, 0.6) is 11.5 Å². The van der Waals surface area contributed by atoms with Gasteiger partial charge in [-0.2, -0.15) is 5.26 Å². The number of unbranched alkanes of at least 4 members (excludes halogenated alkanes) is 2. The fourth-order valence-electron chi connectivity index (χ4n) is 3.25. The Morgan fingerprint density at radius 3 is 2.35 bits per heavy atom. The Kier molecular flexibility index (Phi) is 10.6. The van der Waals surface area contributed by atoms with Crippen molar-refractivity contribution in [2.24, 2.45) is 5.73 Å². The summed E-state index contributed by atoms with van der Waals surface area (Å²) in [5.41, 5.74) is 8.67. The molecule has 7 nitrogen and oxygen atoms in total. The van der Waals surface area contributed by atoms with Crippen molar-refractivity contribution in [3.05, 3.63) is 81.8 Å². The molecule has 0 atom stereocenters. The topological polar surface area (TPSA) is 129 Å². The zero-order valence-corrected chi connectivity index (χ0v) is 19.6. The zero-order chi connectivity index (χ0) is 24.9. The predicted octanol–water partition coefficient (Wildman–Crippen LogP) is 4.25. The number of aromatic amines is 1. The van der Waals surface area contributed by atoms with Crippen molar-refractivity contribution in [3.8, 4) is 28.7 Å². The molecule has 0 unspecified atom stereocenters. The molecule has 0 aliphatic heterocycles. The number of hydrogen-bond acceptors (Lipinski definition) is 6. The molecule has 2 aromatic carbocycles. The number of aromatic hydroxyl groups is 1. The number of carbonyl (C=O) groups is 1. The molecule has 3 rings (SSSR count). The lowest BCUT2D eigenvalue weighted by Gasteiger charge is -2.09. The molecular formula is C27H31N3O4. The van der Waals surface area contributed by atoms with Crippen LogP contribution in [-0.4, -0.2) is 29.0 Å². The van der Waals surface area contributed by atoms with Crippen LogP contribution in [0.25, 0.3) is 11.1 Å². The molecule has 3 aromatic rings. The van der Waals surface area contributed by atoms with Crippen molar-refractivity contribution in [1.29, 1.82) is 5.26 Å². The van der Waals surface area contributed by atoms with Crippen LogP contribution in [0, 0.1) is 18.3 Å². The van der Waals surface area contributed by atoms with Crippen LogP contribution in [0.2, 0.25) is 0 Å². The van der Waals surface area contributed by atoms with Gasteiger partial charge in [-0.3, -0.25) is 9.59 Å². The van der Waals surface area contributed by atoms with Gasteiger partial charge >= 0.3 is 0 Å². The summed E-state index contributed by atoms with van der Waals surface area (Å²) in [5.74, 6) is 1.18. The number of ketones is 1. The Morgan fingerprint density at radius 1 is 1.09 bits per heavy atom. The first-order valence-corrected chi connectivity index (χ1v) is 11.2. The Balaban J connectivity index is 0.000000310. The molecule has 0 saturated heterocycles. The van der Waals surface area contributed by atoms with E-state index in [4.69, 9.17) is 20.8 Å². The van der Waals surface area contributed by atoms with E-state index in [2.05, 4.69) is 4.98 Å². The summed E-state index contributed by atoms with van der Waals surface area (Å²) < 4.78 is 5.69. The lowest BCUT2D eigenvalue weighted by atomic mass is 10.0. The van der Waals surface area contributed by atoms with E-state index in [9.17, 15) is 9.59 Å². The van der Waals surface area contributed by atoms with Crippen molar-refractivity contribution in [1.82, 2.24) is 4.98 Å². The van der Waals surface area contributed by atoms with Crippen LogP contribution in [0.4, 0.5) is 0 Å². The number of rotatable bonds is 9. The van der Waals surface area contributed by atoms with Crippen molar-refractivity contribution < 1.29 is 14.6 Å². The summed E-state index contributed by atoms with van der Waals surface area (Å²) >= 11 is 0. The Bertz CT molecular complexity index is 1160. The average Bonchev–Trinajstić information content (AvgIpc) is 2.81. The number of H-pyrrole nitrogens is 1. The van der Waals surface area contributed by atoms with E-state index in [1.165, 1.54) is 0 Å². The number of pyridine rings is 1. The number of aromatic nitrogens is 1. The number of nitrogens with zero attached hydrogens (tertiary/aromatic N) is 1. The number of nitrogens with one attached hydrogen (secondary N) is 1. The van der Waals surface area contributed by atoms with E-state index in [0.717, 1.165) is 53.9 Å². The molecule has 0 aliphatic rings. The number of phenols is 1. The molecule has 0 bridgehead atoms. The number of benzene rings is 2. The van der Waals surface area contributed by atoms with Crippen molar-refractivity contribution in [3.63, 3.8) is 0 Å². The van der Waals surface area contributed by atoms with E-state index in [1.807, 2.05) is 37.3 Å². The quantitative estimate of drug-likeness (QED) is 0.409. The van der Waals surface area contributed by atoms with Gasteiger partial charge in [0, 0.05) is 17.7 Å². The van der Waals surface area contributed by atoms with Crippen molar-refractivity contribution in [2.45, 2.75) is 39.5 Å². The van der Waals surface area contributed by atoms with Gasteiger partial charge in [-0.1, -0.05) is 24.3 Å². The molecule has 7 heteroatoms. The molecule has 0 spiro atoms. The van der Waals surface area contributed by atoms with E-state index in [1.54, 1.807) is 37.3 Å². The van der Waals surface area contributed by atoms with E-state index >= 15 is 0 Å². The van der Waals surface area contributed by atoms with E-state index in [0.29, 0.717) is 13.0 Å². The number of nitrogens with two attached hydrogens (primary N) is 1. The highest BCUT2D eigenvalue weighted by molar-refractivity contribution is 5.78. The molecule has 1 heterocycles. The smallest absolute Gasteiger partial charge is 0.266 e. The predicted molar refractivity (Wildman–Crippen MR) is 133 cm³/mol. The van der Waals surface area contributed by atoms with Crippen LogP contribution in [-0.2, 0) is 11.2 Å². The molecule has 4 N–H and O–H groups in total. The largest absolute Gasteiger partial charge is 0.508 e. The second-order valence-corrected chi connectivity index (χ2v) is 7.93. The summed E-state index contributed by atoms with van der Waals surface area (Å²) in [7, 11) is 0. The number of Topliss-reactive ketones (excluding diaryl/α,β-unsaturated/α-hetero) is 1. The molecule has 0 aliphatic carbocycles. The number of aryl methyl sites for hydroxylation is 1. The van der Waals surface area contributed by atoms with Crippen LogP contribution in [0.15, 0.2) is 59.4 Å².